The topological polar surface area (TPSA) is 58.2 Å². The zero-order valence-corrected chi connectivity index (χ0v) is 10.9. The maximum Gasteiger partial charge on any atom is 0.251 e. The van der Waals surface area contributed by atoms with Crippen molar-refractivity contribution in [3.05, 3.63) is 35.9 Å². The number of carbonyl (C=O) groups excluding carboxylic acids is 2. The Hall–Kier alpha value is -1.84. The van der Waals surface area contributed by atoms with E-state index < -0.39 is 0 Å². The van der Waals surface area contributed by atoms with E-state index >= 15 is 0 Å². The van der Waals surface area contributed by atoms with Gasteiger partial charge in [-0.05, 0) is 18.1 Å². The van der Waals surface area contributed by atoms with E-state index in [1.807, 2.05) is 32.0 Å². The maximum atomic E-state index is 11.6. The van der Waals surface area contributed by atoms with E-state index in [-0.39, 0.29) is 11.8 Å². The molecule has 98 valence electrons. The lowest BCUT2D eigenvalue weighted by Gasteiger charge is -2.08. The predicted molar refractivity (Wildman–Crippen MR) is 71.2 cm³/mol. The Morgan fingerprint density at radius 3 is 2.28 bits per heavy atom. The lowest BCUT2D eigenvalue weighted by Crippen LogP contribution is -2.35. The van der Waals surface area contributed by atoms with E-state index in [2.05, 4.69) is 10.6 Å². The second-order valence-electron chi connectivity index (χ2n) is 4.57. The van der Waals surface area contributed by atoms with Gasteiger partial charge in [-0.1, -0.05) is 32.0 Å². The molecule has 18 heavy (non-hydrogen) atoms. The average molecular weight is 248 g/mol. The third kappa shape index (κ3) is 5.48. The molecule has 1 aromatic rings. The number of rotatable bonds is 6. The Labute approximate surface area is 108 Å². The summed E-state index contributed by atoms with van der Waals surface area (Å²) in [6, 6.07) is 9.01. The van der Waals surface area contributed by atoms with E-state index in [4.69, 9.17) is 0 Å². The number of nitrogens with one attached hydrogen (secondary N) is 2. The summed E-state index contributed by atoms with van der Waals surface area (Å²) in [4.78, 5) is 23.0. The molecule has 0 heterocycles. The molecule has 0 aliphatic carbocycles. The van der Waals surface area contributed by atoms with Crippen molar-refractivity contribution >= 4 is 11.8 Å². The van der Waals surface area contributed by atoms with Crippen LogP contribution in [0.4, 0.5) is 0 Å². The van der Waals surface area contributed by atoms with Crippen molar-refractivity contribution in [2.75, 3.05) is 13.1 Å². The van der Waals surface area contributed by atoms with Gasteiger partial charge < -0.3 is 10.6 Å². The monoisotopic (exact) mass is 248 g/mol. The molecule has 0 aliphatic rings. The molecular weight excluding hydrogens is 228 g/mol. The second kappa shape index (κ2) is 7.48. The first-order chi connectivity index (χ1) is 8.59. The summed E-state index contributed by atoms with van der Waals surface area (Å²) in [5, 5.41) is 5.52. The van der Waals surface area contributed by atoms with Crippen LogP contribution in [0.3, 0.4) is 0 Å². The van der Waals surface area contributed by atoms with Gasteiger partial charge in [-0.2, -0.15) is 0 Å². The minimum Gasteiger partial charge on any atom is -0.354 e. The zero-order chi connectivity index (χ0) is 13.4. The van der Waals surface area contributed by atoms with Crippen LogP contribution in [0.1, 0.15) is 30.6 Å². The summed E-state index contributed by atoms with van der Waals surface area (Å²) < 4.78 is 0. The standard InChI is InChI=1S/C14H20N2O2/c1-11(2)10-13(17)15-8-9-16-14(18)12-6-4-3-5-7-12/h3-7,11H,8-10H2,1-2H3,(H,15,17)(H,16,18). The Bertz CT molecular complexity index is 388. The van der Waals surface area contributed by atoms with Gasteiger partial charge in [-0.3, -0.25) is 9.59 Å². The van der Waals surface area contributed by atoms with Crippen LogP contribution in [-0.2, 0) is 4.79 Å². The van der Waals surface area contributed by atoms with Crippen LogP contribution in [0.2, 0.25) is 0 Å². The van der Waals surface area contributed by atoms with Gasteiger partial charge in [0.1, 0.15) is 0 Å². The van der Waals surface area contributed by atoms with Gasteiger partial charge in [0.2, 0.25) is 5.91 Å². The first-order valence-corrected chi connectivity index (χ1v) is 6.19. The molecule has 0 atom stereocenters. The van der Waals surface area contributed by atoms with Crippen LogP contribution in [0.15, 0.2) is 30.3 Å². The number of carbonyl (C=O) groups is 2. The normalized spacial score (nSPS) is 10.2. The van der Waals surface area contributed by atoms with E-state index in [9.17, 15) is 9.59 Å². The first-order valence-electron chi connectivity index (χ1n) is 6.19. The Morgan fingerprint density at radius 2 is 1.67 bits per heavy atom. The number of hydrogen-bond donors (Lipinski definition) is 2. The third-order valence-electron chi connectivity index (χ3n) is 2.36. The fourth-order valence-corrected chi connectivity index (χ4v) is 1.51. The SMILES string of the molecule is CC(C)CC(=O)NCCNC(=O)c1ccccc1. The molecule has 0 bridgehead atoms. The van der Waals surface area contributed by atoms with Gasteiger partial charge in [0.25, 0.3) is 5.91 Å². The van der Waals surface area contributed by atoms with Crippen LogP contribution >= 0.6 is 0 Å². The molecule has 0 saturated carbocycles. The Balaban J connectivity index is 2.19. The van der Waals surface area contributed by atoms with Gasteiger partial charge in [-0.15, -0.1) is 0 Å². The highest BCUT2D eigenvalue weighted by molar-refractivity contribution is 5.94. The van der Waals surface area contributed by atoms with Crippen LogP contribution in [0, 0.1) is 5.92 Å². The number of amides is 2. The molecule has 4 heteroatoms. The van der Waals surface area contributed by atoms with Crippen molar-refractivity contribution in [1.82, 2.24) is 10.6 Å². The second-order valence-corrected chi connectivity index (χ2v) is 4.57. The van der Waals surface area contributed by atoms with Gasteiger partial charge in [-0.25, -0.2) is 0 Å². The van der Waals surface area contributed by atoms with Gasteiger partial charge >= 0.3 is 0 Å². The van der Waals surface area contributed by atoms with Crippen molar-refractivity contribution in [3.63, 3.8) is 0 Å². The highest BCUT2D eigenvalue weighted by Gasteiger charge is 2.05. The third-order valence-corrected chi connectivity index (χ3v) is 2.36. The predicted octanol–water partition coefficient (Wildman–Crippen LogP) is 1.58. The largest absolute Gasteiger partial charge is 0.354 e. The first kappa shape index (κ1) is 14.2. The molecule has 1 aromatic carbocycles. The van der Waals surface area contributed by atoms with Crippen molar-refractivity contribution in [3.8, 4) is 0 Å². The van der Waals surface area contributed by atoms with E-state index in [0.29, 0.717) is 31.0 Å². The van der Waals surface area contributed by atoms with Crippen molar-refractivity contribution in [2.45, 2.75) is 20.3 Å². The van der Waals surface area contributed by atoms with Gasteiger partial charge in [0, 0.05) is 25.1 Å². The molecule has 0 radical (unpaired) electrons. The summed E-state index contributed by atoms with van der Waals surface area (Å²) >= 11 is 0. The lowest BCUT2D eigenvalue weighted by atomic mass is 10.1. The molecule has 0 unspecified atom stereocenters. The quantitative estimate of drug-likeness (QED) is 0.751. The van der Waals surface area contributed by atoms with Crippen molar-refractivity contribution in [2.24, 2.45) is 5.92 Å². The van der Waals surface area contributed by atoms with Gasteiger partial charge in [0.15, 0.2) is 0 Å². The van der Waals surface area contributed by atoms with Crippen LogP contribution < -0.4 is 10.6 Å². The summed E-state index contributed by atoms with van der Waals surface area (Å²) in [5.74, 6) is 0.261. The van der Waals surface area contributed by atoms with Crippen LogP contribution in [0.25, 0.3) is 0 Å². The molecule has 2 N–H and O–H groups in total. The molecular formula is C14H20N2O2. The van der Waals surface area contributed by atoms with Crippen LogP contribution in [-0.4, -0.2) is 24.9 Å². The lowest BCUT2D eigenvalue weighted by molar-refractivity contribution is -0.121. The van der Waals surface area contributed by atoms with Crippen molar-refractivity contribution in [1.29, 1.82) is 0 Å². The molecule has 0 aliphatic heterocycles. The van der Waals surface area contributed by atoms with E-state index in [1.54, 1.807) is 12.1 Å². The molecule has 0 fully saturated rings. The summed E-state index contributed by atoms with van der Waals surface area (Å²) in [6.07, 6.45) is 0.520. The summed E-state index contributed by atoms with van der Waals surface area (Å²) in [7, 11) is 0. The van der Waals surface area contributed by atoms with Crippen LogP contribution in [0.5, 0.6) is 0 Å². The molecule has 4 nitrogen and oxygen atoms in total. The smallest absolute Gasteiger partial charge is 0.251 e. The molecule has 0 saturated heterocycles. The summed E-state index contributed by atoms with van der Waals surface area (Å²) in [6.45, 7) is 4.90. The highest BCUT2D eigenvalue weighted by atomic mass is 16.2. The Kier molecular flexibility index (Phi) is 5.91. The molecule has 0 spiro atoms. The van der Waals surface area contributed by atoms with Crippen molar-refractivity contribution < 1.29 is 9.59 Å². The fraction of sp³-hybridized carbons (Fsp3) is 0.429. The molecule has 1 rings (SSSR count). The molecule has 2 amide bonds. The maximum absolute atomic E-state index is 11.6. The van der Waals surface area contributed by atoms with E-state index in [1.165, 1.54) is 0 Å². The zero-order valence-electron chi connectivity index (χ0n) is 10.9. The number of benzene rings is 1. The fourth-order valence-electron chi connectivity index (χ4n) is 1.51. The highest BCUT2D eigenvalue weighted by Crippen LogP contribution is 1.98. The average Bonchev–Trinajstić information content (AvgIpc) is 2.34. The Morgan fingerprint density at radius 1 is 1.06 bits per heavy atom. The number of hydrogen-bond acceptors (Lipinski definition) is 2. The molecule has 0 aromatic heterocycles. The minimum absolute atomic E-state index is 0.0268. The van der Waals surface area contributed by atoms with E-state index in [0.717, 1.165) is 0 Å². The summed E-state index contributed by atoms with van der Waals surface area (Å²) in [5.41, 5.74) is 0.631. The minimum atomic E-state index is -0.117. The van der Waals surface area contributed by atoms with Gasteiger partial charge in [0.05, 0.1) is 0 Å².